The third kappa shape index (κ3) is 4.13. The Balaban J connectivity index is 1.80. The van der Waals surface area contributed by atoms with Crippen molar-refractivity contribution in [2.24, 2.45) is 5.10 Å². The number of hydrogen-bond donors (Lipinski definition) is 1. The molecule has 3 rings (SSSR count). The van der Waals surface area contributed by atoms with Crippen molar-refractivity contribution < 1.29 is 22.9 Å². The van der Waals surface area contributed by atoms with Crippen molar-refractivity contribution in [3.05, 3.63) is 33.9 Å². The summed E-state index contributed by atoms with van der Waals surface area (Å²) in [6.07, 6.45) is 0.460. The molecule has 2 heterocycles. The van der Waals surface area contributed by atoms with Crippen LogP contribution in [0.1, 0.15) is 24.8 Å². The molecule has 0 unspecified atom stereocenters. The summed E-state index contributed by atoms with van der Waals surface area (Å²) >= 11 is 0. The van der Waals surface area contributed by atoms with E-state index in [0.29, 0.717) is 5.56 Å². The minimum atomic E-state index is -3.20. The van der Waals surface area contributed by atoms with Crippen LogP contribution in [0.25, 0.3) is 0 Å². The van der Waals surface area contributed by atoms with Gasteiger partial charge >= 0.3 is 0 Å². The van der Waals surface area contributed by atoms with Crippen LogP contribution in [0.15, 0.2) is 23.3 Å². The first kappa shape index (κ1) is 19.0. The number of non-ortho nitro benzene ring substituents is 1. The van der Waals surface area contributed by atoms with E-state index in [4.69, 9.17) is 0 Å². The number of sulfone groups is 1. The lowest BCUT2D eigenvalue weighted by Gasteiger charge is -2.27. The zero-order chi connectivity index (χ0) is 19.8. The van der Waals surface area contributed by atoms with Gasteiger partial charge in [0.2, 0.25) is 5.91 Å². The van der Waals surface area contributed by atoms with Crippen molar-refractivity contribution in [2.45, 2.75) is 32.2 Å². The molecule has 1 aromatic carbocycles. The van der Waals surface area contributed by atoms with Gasteiger partial charge in [-0.05, 0) is 18.9 Å². The van der Waals surface area contributed by atoms with E-state index in [1.807, 2.05) is 0 Å². The normalized spacial score (nSPS) is 21.7. The molecule has 1 saturated heterocycles. The van der Waals surface area contributed by atoms with Gasteiger partial charge in [-0.2, -0.15) is 5.10 Å². The Kier molecular flexibility index (Phi) is 4.96. The molecule has 11 heteroatoms. The predicted molar refractivity (Wildman–Crippen MR) is 97.0 cm³/mol. The van der Waals surface area contributed by atoms with Gasteiger partial charge in [-0.3, -0.25) is 19.7 Å². The maximum Gasteiger partial charge on any atom is 0.271 e. The number of hydrogen-bond acceptors (Lipinski definition) is 7. The summed E-state index contributed by atoms with van der Waals surface area (Å²) in [4.78, 5) is 35.0. The van der Waals surface area contributed by atoms with Crippen LogP contribution >= 0.6 is 0 Å². The maximum absolute atomic E-state index is 12.5. The van der Waals surface area contributed by atoms with E-state index in [0.717, 1.165) is 5.01 Å². The van der Waals surface area contributed by atoms with Crippen LogP contribution < -0.4 is 5.32 Å². The van der Waals surface area contributed by atoms with E-state index in [9.17, 15) is 28.1 Å². The Bertz CT molecular complexity index is 956. The van der Waals surface area contributed by atoms with Crippen LogP contribution in [0, 0.1) is 17.0 Å². The number of carbonyl (C=O) groups excluding carboxylic acids is 2. The lowest BCUT2D eigenvalue weighted by Crippen LogP contribution is -2.42. The molecule has 0 spiro atoms. The molecule has 1 aromatic rings. The number of aryl methyl sites for hydroxylation is 1. The smallest absolute Gasteiger partial charge is 0.271 e. The Labute approximate surface area is 155 Å². The van der Waals surface area contributed by atoms with E-state index >= 15 is 0 Å². The molecular formula is C16H18N4O6S. The predicted octanol–water partition coefficient (Wildman–Crippen LogP) is 1.01. The fraction of sp³-hybridized carbons (Fsp3) is 0.438. The van der Waals surface area contributed by atoms with Gasteiger partial charge in [-0.1, -0.05) is 6.07 Å². The first-order chi connectivity index (χ1) is 12.7. The zero-order valence-corrected chi connectivity index (χ0v) is 15.4. The van der Waals surface area contributed by atoms with Crippen molar-refractivity contribution in [3.63, 3.8) is 0 Å². The van der Waals surface area contributed by atoms with Gasteiger partial charge in [-0.25, -0.2) is 13.4 Å². The standard InChI is InChI=1S/C16H18N4O6S/c1-10-2-3-11(20(23)24)8-14(10)17-16(22)13-4-5-15(21)19(18-13)12-6-7-27(25,26)9-12/h2-3,8,12H,4-7,9H2,1H3,(H,17,22)/t12-/m0/s1. The molecule has 0 aromatic heterocycles. The third-order valence-corrected chi connectivity index (χ3v) is 6.31. The number of nitrogens with zero attached hydrogens (tertiary/aromatic N) is 3. The van der Waals surface area contributed by atoms with Crippen LogP contribution in [-0.2, 0) is 19.4 Å². The Morgan fingerprint density at radius 2 is 2.11 bits per heavy atom. The first-order valence-electron chi connectivity index (χ1n) is 8.32. The number of nitro benzene ring substituents is 1. The maximum atomic E-state index is 12.5. The highest BCUT2D eigenvalue weighted by Crippen LogP contribution is 2.24. The number of carbonyl (C=O) groups is 2. The fourth-order valence-corrected chi connectivity index (χ4v) is 4.73. The summed E-state index contributed by atoms with van der Waals surface area (Å²) in [5, 5.41) is 18.7. The van der Waals surface area contributed by atoms with Crippen molar-refractivity contribution >= 4 is 38.7 Å². The second-order valence-corrected chi connectivity index (χ2v) is 8.78. The lowest BCUT2D eigenvalue weighted by atomic mass is 10.1. The lowest BCUT2D eigenvalue weighted by molar-refractivity contribution is -0.384. The first-order valence-corrected chi connectivity index (χ1v) is 10.1. The molecule has 2 aliphatic heterocycles. The molecular weight excluding hydrogens is 376 g/mol. The molecule has 0 saturated carbocycles. The number of nitrogens with one attached hydrogen (secondary N) is 1. The number of rotatable bonds is 4. The van der Waals surface area contributed by atoms with E-state index in [2.05, 4.69) is 10.4 Å². The van der Waals surface area contributed by atoms with Crippen molar-refractivity contribution in [1.82, 2.24) is 5.01 Å². The van der Waals surface area contributed by atoms with Crippen LogP contribution in [0.5, 0.6) is 0 Å². The number of nitro groups is 1. The molecule has 0 radical (unpaired) electrons. The molecule has 2 aliphatic rings. The van der Waals surface area contributed by atoms with Crippen molar-refractivity contribution in [3.8, 4) is 0 Å². The SMILES string of the molecule is Cc1ccc([N+](=O)[O-])cc1NC(=O)C1=NN([C@H]2CCS(=O)(=O)C2)C(=O)CC1. The van der Waals surface area contributed by atoms with Gasteiger partial charge in [0.25, 0.3) is 11.6 Å². The van der Waals surface area contributed by atoms with Gasteiger partial charge in [0.15, 0.2) is 9.84 Å². The highest BCUT2D eigenvalue weighted by molar-refractivity contribution is 7.91. The number of anilines is 1. The van der Waals surface area contributed by atoms with Gasteiger partial charge < -0.3 is 5.32 Å². The third-order valence-electron chi connectivity index (χ3n) is 4.56. The van der Waals surface area contributed by atoms with Crippen molar-refractivity contribution in [2.75, 3.05) is 16.8 Å². The highest BCUT2D eigenvalue weighted by Gasteiger charge is 2.37. The molecule has 1 N–H and O–H groups in total. The van der Waals surface area contributed by atoms with Gasteiger partial charge in [0.05, 0.1) is 28.2 Å². The topological polar surface area (TPSA) is 139 Å². The van der Waals surface area contributed by atoms with Crippen molar-refractivity contribution in [1.29, 1.82) is 0 Å². The van der Waals surface area contributed by atoms with Crippen LogP contribution in [-0.4, -0.2) is 53.4 Å². The van der Waals surface area contributed by atoms with Gasteiger partial charge in [0.1, 0.15) is 5.71 Å². The van der Waals surface area contributed by atoms with Crippen LogP contribution in [0.3, 0.4) is 0 Å². The Morgan fingerprint density at radius 3 is 2.74 bits per heavy atom. The summed E-state index contributed by atoms with van der Waals surface area (Å²) in [5.41, 5.74) is 0.850. The molecule has 2 amide bonds. The Morgan fingerprint density at radius 1 is 1.37 bits per heavy atom. The Hall–Kier alpha value is -2.82. The summed E-state index contributed by atoms with van der Waals surface area (Å²) in [6.45, 7) is 1.70. The molecule has 27 heavy (non-hydrogen) atoms. The minimum absolute atomic E-state index is 0.00856. The van der Waals surface area contributed by atoms with E-state index in [1.54, 1.807) is 6.92 Å². The summed E-state index contributed by atoms with van der Waals surface area (Å²) < 4.78 is 23.3. The summed E-state index contributed by atoms with van der Waals surface area (Å²) in [5.74, 6) is -1.07. The number of amides is 2. The number of hydrazone groups is 1. The second-order valence-electron chi connectivity index (χ2n) is 6.55. The molecule has 10 nitrogen and oxygen atoms in total. The van der Waals surface area contributed by atoms with E-state index in [1.165, 1.54) is 18.2 Å². The molecule has 1 atom stereocenters. The van der Waals surface area contributed by atoms with Gasteiger partial charge in [-0.15, -0.1) is 0 Å². The summed E-state index contributed by atoms with van der Waals surface area (Å²) in [6, 6.07) is 3.55. The van der Waals surface area contributed by atoms with Gasteiger partial charge in [0, 0.05) is 25.0 Å². The van der Waals surface area contributed by atoms with E-state index < -0.39 is 26.7 Å². The number of benzene rings is 1. The van der Waals surface area contributed by atoms with Crippen LogP contribution in [0.2, 0.25) is 0 Å². The van der Waals surface area contributed by atoms with Crippen LogP contribution in [0.4, 0.5) is 11.4 Å². The summed E-state index contributed by atoms with van der Waals surface area (Å²) in [7, 11) is -3.20. The molecule has 0 aliphatic carbocycles. The fourth-order valence-electron chi connectivity index (χ4n) is 3.04. The highest BCUT2D eigenvalue weighted by atomic mass is 32.2. The monoisotopic (exact) mass is 394 g/mol. The molecule has 1 fully saturated rings. The quantitative estimate of drug-likeness (QED) is 0.597. The average Bonchev–Trinajstić information content (AvgIpc) is 2.96. The minimum Gasteiger partial charge on any atom is -0.320 e. The zero-order valence-electron chi connectivity index (χ0n) is 14.5. The second kappa shape index (κ2) is 7.06. The van der Waals surface area contributed by atoms with E-state index in [-0.39, 0.29) is 53.8 Å². The molecule has 144 valence electrons. The molecule has 0 bridgehead atoms. The average molecular weight is 394 g/mol. The largest absolute Gasteiger partial charge is 0.320 e.